The van der Waals surface area contributed by atoms with Crippen LogP contribution in [0.25, 0.3) is 0 Å². The predicted octanol–water partition coefficient (Wildman–Crippen LogP) is 4.35. The Hall–Kier alpha value is 1.89. The molecule has 1 aliphatic rings. The number of alkyl halides is 6. The zero-order chi connectivity index (χ0) is 11.9. The topological polar surface area (TPSA) is 27.6 Å². The average molecular weight is 599 g/mol. The SMILES string of the molecule is CN1N=C(C(Br)(Br)Br)C=C(C(Br)(Br)Br)N1. The van der Waals surface area contributed by atoms with Crippen LogP contribution in [0.3, 0.4) is 0 Å². The molecule has 1 heterocycles. The summed E-state index contributed by atoms with van der Waals surface area (Å²) < 4.78 is -1.03. The van der Waals surface area contributed by atoms with Crippen molar-refractivity contribution in [2.24, 2.45) is 5.10 Å². The molecule has 1 N–H and O–H groups in total. The van der Waals surface area contributed by atoms with Gasteiger partial charge in [0.15, 0.2) is 4.29 Å². The lowest BCUT2D eigenvalue weighted by atomic mass is 10.3. The van der Waals surface area contributed by atoms with Gasteiger partial charge in [-0.25, -0.2) is 5.12 Å². The number of hydrogen-bond donors (Lipinski definition) is 1. The first-order chi connectivity index (χ1) is 6.60. The molecule has 0 radical (unpaired) electrons. The quantitative estimate of drug-likeness (QED) is 0.420. The number of nitrogens with zero attached hydrogens (tertiary/aromatic N) is 2. The molecule has 0 saturated heterocycles. The van der Waals surface area contributed by atoms with Gasteiger partial charge in [-0.1, -0.05) is 95.6 Å². The van der Waals surface area contributed by atoms with E-state index in [0.29, 0.717) is 0 Å². The van der Waals surface area contributed by atoms with Gasteiger partial charge in [0.2, 0.25) is 0 Å². The van der Waals surface area contributed by atoms with E-state index in [1.54, 1.807) is 5.12 Å². The molecule has 15 heavy (non-hydrogen) atoms. The maximum Gasteiger partial charge on any atom is 0.178 e. The molecule has 0 aromatic rings. The van der Waals surface area contributed by atoms with Gasteiger partial charge in [-0.05, 0) is 6.08 Å². The van der Waals surface area contributed by atoms with Crippen molar-refractivity contribution in [3.63, 3.8) is 0 Å². The van der Waals surface area contributed by atoms with Crippen molar-refractivity contribution in [1.29, 1.82) is 0 Å². The molecule has 9 heteroatoms. The van der Waals surface area contributed by atoms with Gasteiger partial charge < -0.3 is 0 Å². The van der Waals surface area contributed by atoms with Crippen LogP contribution in [0.15, 0.2) is 16.9 Å². The Kier molecular flexibility index (Phi) is 5.24. The van der Waals surface area contributed by atoms with Crippen LogP contribution in [0.1, 0.15) is 0 Å². The lowest BCUT2D eigenvalue weighted by Gasteiger charge is -2.30. The van der Waals surface area contributed by atoms with Crippen molar-refractivity contribution < 1.29 is 0 Å². The van der Waals surface area contributed by atoms with Crippen LogP contribution in [-0.2, 0) is 0 Å². The zero-order valence-corrected chi connectivity index (χ0v) is 16.8. The highest BCUT2D eigenvalue weighted by molar-refractivity contribution is 9.40. The maximum absolute atomic E-state index is 4.28. The van der Waals surface area contributed by atoms with Gasteiger partial charge in [-0.2, -0.15) is 5.10 Å². The third-order valence-corrected chi connectivity index (χ3v) is 3.92. The molecule has 0 amide bonds. The lowest BCUT2D eigenvalue weighted by molar-refractivity contribution is 0.274. The number of hydrogen-bond acceptors (Lipinski definition) is 3. The molecular formula is C6H5Br6N3. The highest BCUT2D eigenvalue weighted by atomic mass is 80.0. The molecule has 0 aromatic heterocycles. The van der Waals surface area contributed by atoms with E-state index >= 15 is 0 Å². The normalized spacial score (nSPS) is 18.2. The van der Waals surface area contributed by atoms with Gasteiger partial charge in [0, 0.05) is 7.05 Å². The monoisotopic (exact) mass is 593 g/mol. The van der Waals surface area contributed by atoms with E-state index in [9.17, 15) is 0 Å². The van der Waals surface area contributed by atoms with Crippen LogP contribution in [0.2, 0.25) is 0 Å². The molecule has 0 aromatic carbocycles. The minimum atomic E-state index is -0.535. The van der Waals surface area contributed by atoms with Crippen molar-refractivity contribution >= 4 is 101 Å². The van der Waals surface area contributed by atoms with E-state index in [0.717, 1.165) is 11.4 Å². The van der Waals surface area contributed by atoms with Crippen molar-refractivity contribution in [3.8, 4) is 0 Å². The van der Waals surface area contributed by atoms with Gasteiger partial charge in [0.1, 0.15) is 5.71 Å². The Morgan fingerprint density at radius 1 is 1.13 bits per heavy atom. The van der Waals surface area contributed by atoms with Crippen LogP contribution >= 0.6 is 95.6 Å². The number of nitrogens with one attached hydrogen (secondary N) is 1. The van der Waals surface area contributed by atoms with Gasteiger partial charge >= 0.3 is 0 Å². The number of allylic oxidation sites excluding steroid dienone is 2. The van der Waals surface area contributed by atoms with E-state index in [4.69, 9.17) is 0 Å². The molecule has 1 aliphatic heterocycles. The van der Waals surface area contributed by atoms with E-state index in [-0.39, 0.29) is 0 Å². The summed E-state index contributed by atoms with van der Waals surface area (Å²) in [5.74, 6) is 0. The van der Waals surface area contributed by atoms with Crippen LogP contribution in [0.5, 0.6) is 0 Å². The summed E-state index contributed by atoms with van der Waals surface area (Å²) >= 11 is 20.6. The van der Waals surface area contributed by atoms with E-state index in [2.05, 4.69) is 106 Å². The van der Waals surface area contributed by atoms with E-state index < -0.39 is 4.29 Å². The van der Waals surface area contributed by atoms with Gasteiger partial charge in [0.05, 0.1) is 5.70 Å². The summed E-state index contributed by atoms with van der Waals surface area (Å²) in [6.45, 7) is 0. The number of halogens is 6. The van der Waals surface area contributed by atoms with Crippen LogP contribution in [0, 0.1) is 0 Å². The summed E-state index contributed by atoms with van der Waals surface area (Å²) in [7, 11) is 1.81. The summed E-state index contributed by atoms with van der Waals surface area (Å²) in [5, 5.41) is 5.89. The van der Waals surface area contributed by atoms with Crippen LogP contribution in [-0.4, -0.2) is 22.2 Å². The Morgan fingerprint density at radius 3 is 2.07 bits per heavy atom. The number of rotatable bonds is 0. The van der Waals surface area contributed by atoms with E-state index in [1.807, 2.05) is 13.1 Å². The first-order valence-electron chi connectivity index (χ1n) is 3.56. The Labute approximate surface area is 138 Å². The summed E-state index contributed by atoms with van der Waals surface area (Å²) in [5.41, 5.74) is 4.71. The second-order valence-electron chi connectivity index (χ2n) is 2.67. The molecule has 1 rings (SSSR count). The highest BCUT2D eigenvalue weighted by Gasteiger charge is 2.33. The fourth-order valence-corrected chi connectivity index (χ4v) is 2.03. The lowest BCUT2D eigenvalue weighted by Crippen LogP contribution is -2.40. The minimum absolute atomic E-state index is 0.499. The Bertz CT molecular complexity index is 312. The standard InChI is InChI=1S/C6H5Br6N3/c1-15-13-3(5(7,8)9)2-4(14-15)6(10,11)12/h2,13H,1H3. The molecule has 86 valence electrons. The zero-order valence-electron chi connectivity index (χ0n) is 7.24. The van der Waals surface area contributed by atoms with E-state index in [1.165, 1.54) is 0 Å². The number of hydrazine groups is 1. The Balaban J connectivity index is 3.06. The van der Waals surface area contributed by atoms with Crippen LogP contribution in [0.4, 0.5) is 0 Å². The maximum atomic E-state index is 4.28. The van der Waals surface area contributed by atoms with Crippen molar-refractivity contribution in [1.82, 2.24) is 10.5 Å². The predicted molar refractivity (Wildman–Crippen MR) is 85.4 cm³/mol. The molecule has 3 nitrogen and oxygen atoms in total. The molecular weight excluding hydrogens is 594 g/mol. The first-order valence-corrected chi connectivity index (χ1v) is 8.31. The second-order valence-corrected chi connectivity index (χ2v) is 16.2. The smallest absolute Gasteiger partial charge is 0.178 e. The Morgan fingerprint density at radius 2 is 1.67 bits per heavy atom. The molecule has 0 atom stereocenters. The molecule has 0 bridgehead atoms. The van der Waals surface area contributed by atoms with Crippen molar-refractivity contribution in [2.75, 3.05) is 7.05 Å². The highest BCUT2D eigenvalue weighted by Crippen LogP contribution is 2.43. The minimum Gasteiger partial charge on any atom is -0.284 e. The summed E-state index contributed by atoms with van der Waals surface area (Å²) in [6.07, 6.45) is 1.89. The van der Waals surface area contributed by atoms with Gasteiger partial charge in [-0.15, -0.1) is 0 Å². The summed E-state index contributed by atoms with van der Waals surface area (Å²) in [6, 6.07) is 0. The van der Waals surface area contributed by atoms with Gasteiger partial charge in [0.25, 0.3) is 0 Å². The summed E-state index contributed by atoms with van der Waals surface area (Å²) in [4.78, 5) is 0. The molecule has 0 saturated carbocycles. The third-order valence-electron chi connectivity index (χ3n) is 1.42. The van der Waals surface area contributed by atoms with Crippen molar-refractivity contribution in [2.45, 2.75) is 4.29 Å². The fourth-order valence-electron chi connectivity index (χ4n) is 0.843. The van der Waals surface area contributed by atoms with Crippen LogP contribution < -0.4 is 5.43 Å². The fraction of sp³-hybridized carbons (Fsp3) is 0.500. The molecule has 0 spiro atoms. The average Bonchev–Trinajstić information content (AvgIpc) is 1.99. The largest absolute Gasteiger partial charge is 0.284 e. The third kappa shape index (κ3) is 4.57. The van der Waals surface area contributed by atoms with Crippen molar-refractivity contribution in [3.05, 3.63) is 11.8 Å². The molecule has 0 fully saturated rings. The second kappa shape index (κ2) is 5.26. The first kappa shape index (κ1) is 14.9. The van der Waals surface area contributed by atoms with Gasteiger partial charge in [-0.3, -0.25) is 5.43 Å². The number of hydrazone groups is 1. The molecule has 0 unspecified atom stereocenters. The molecule has 0 aliphatic carbocycles.